The number of hydrogen-bond donors (Lipinski definition) is 0. The molecule has 0 heterocycles. The molecule has 0 fully saturated rings. The van der Waals surface area contributed by atoms with Gasteiger partial charge in [-0.05, 0) is 31.0 Å². The number of carbonyl (C=O) groups is 1. The molecular weight excluding hydrogens is 408 g/mol. The highest BCUT2D eigenvalue weighted by molar-refractivity contribution is 14.1. The summed E-state index contributed by atoms with van der Waals surface area (Å²) in [5, 5.41) is 1.07. The Labute approximate surface area is 145 Å². The molecule has 0 saturated heterocycles. The van der Waals surface area contributed by atoms with Crippen LogP contribution >= 0.6 is 45.8 Å². The van der Waals surface area contributed by atoms with Gasteiger partial charge in [0.05, 0.1) is 10.0 Å². The third-order valence-corrected chi connectivity index (χ3v) is 4.68. The molecule has 1 unspecified atom stereocenters. The SMILES string of the molecule is CCCCCC(C)N(Cc1ccc(Cl)c(Cl)c1)C(=O)I. The number of amides is 1. The highest BCUT2D eigenvalue weighted by Gasteiger charge is 2.18. The topological polar surface area (TPSA) is 20.3 Å². The Morgan fingerprint density at radius 2 is 2.00 bits per heavy atom. The standard InChI is InChI=1S/C15H20Cl2INO/c1-3-4-5-6-11(2)19(15(18)20)10-12-7-8-13(16)14(17)9-12/h7-9,11H,3-6,10H2,1-2H3. The van der Waals surface area contributed by atoms with Gasteiger partial charge in [-0.2, -0.15) is 0 Å². The van der Waals surface area contributed by atoms with Crippen LogP contribution in [-0.4, -0.2) is 14.9 Å². The van der Waals surface area contributed by atoms with Crippen LogP contribution in [0.5, 0.6) is 0 Å². The van der Waals surface area contributed by atoms with Crippen molar-refractivity contribution in [2.45, 2.75) is 52.1 Å². The second-order valence-electron chi connectivity index (χ2n) is 4.97. The van der Waals surface area contributed by atoms with Gasteiger partial charge in [0.1, 0.15) is 0 Å². The van der Waals surface area contributed by atoms with Crippen LogP contribution in [0.1, 0.15) is 45.1 Å². The lowest BCUT2D eigenvalue weighted by molar-refractivity contribution is 0.198. The highest BCUT2D eigenvalue weighted by atomic mass is 127. The molecule has 1 rings (SSSR count). The summed E-state index contributed by atoms with van der Waals surface area (Å²) in [6.45, 7) is 4.86. The molecule has 0 bridgehead atoms. The molecule has 112 valence electrons. The van der Waals surface area contributed by atoms with E-state index in [1.54, 1.807) is 6.07 Å². The van der Waals surface area contributed by atoms with Gasteiger partial charge < -0.3 is 4.90 Å². The van der Waals surface area contributed by atoms with Crippen molar-refractivity contribution in [3.63, 3.8) is 0 Å². The quantitative estimate of drug-likeness (QED) is 0.216. The van der Waals surface area contributed by atoms with Crippen LogP contribution in [0.25, 0.3) is 0 Å². The van der Waals surface area contributed by atoms with Crippen molar-refractivity contribution in [3.05, 3.63) is 33.8 Å². The molecule has 0 aromatic heterocycles. The molecule has 0 aliphatic carbocycles. The molecule has 1 amide bonds. The molecule has 1 aromatic rings. The summed E-state index contributed by atoms with van der Waals surface area (Å²) in [5.41, 5.74) is 1.01. The van der Waals surface area contributed by atoms with Crippen molar-refractivity contribution in [2.24, 2.45) is 0 Å². The average Bonchev–Trinajstić information content (AvgIpc) is 2.39. The fourth-order valence-electron chi connectivity index (χ4n) is 2.07. The number of nitrogens with zero attached hydrogens (tertiary/aromatic N) is 1. The van der Waals surface area contributed by atoms with Crippen LogP contribution in [0.2, 0.25) is 10.0 Å². The predicted octanol–water partition coefficient (Wildman–Crippen LogP) is 6.32. The van der Waals surface area contributed by atoms with Crippen LogP contribution in [0.15, 0.2) is 18.2 Å². The Hall–Kier alpha value is 0. The molecular formula is C15H20Cl2INO. The van der Waals surface area contributed by atoms with E-state index in [-0.39, 0.29) is 9.96 Å². The lowest BCUT2D eigenvalue weighted by atomic mass is 10.1. The Morgan fingerprint density at radius 3 is 2.55 bits per heavy atom. The molecule has 0 aliphatic heterocycles. The van der Waals surface area contributed by atoms with Crippen LogP contribution in [0, 0.1) is 0 Å². The summed E-state index contributed by atoms with van der Waals surface area (Å²) in [6, 6.07) is 5.76. The maximum absolute atomic E-state index is 11.8. The van der Waals surface area contributed by atoms with Crippen molar-refractivity contribution in [1.29, 1.82) is 0 Å². The minimum atomic E-state index is 0.0673. The van der Waals surface area contributed by atoms with E-state index in [1.165, 1.54) is 12.8 Å². The molecule has 1 atom stereocenters. The molecule has 5 heteroatoms. The summed E-state index contributed by atoms with van der Waals surface area (Å²) in [7, 11) is 0. The van der Waals surface area contributed by atoms with E-state index >= 15 is 0 Å². The third kappa shape index (κ3) is 5.78. The minimum Gasteiger partial charge on any atom is -0.327 e. The van der Waals surface area contributed by atoms with Crippen molar-refractivity contribution < 1.29 is 4.79 Å². The van der Waals surface area contributed by atoms with Crippen LogP contribution in [0.3, 0.4) is 0 Å². The molecule has 20 heavy (non-hydrogen) atoms. The Balaban J connectivity index is 2.71. The molecule has 2 nitrogen and oxygen atoms in total. The van der Waals surface area contributed by atoms with E-state index < -0.39 is 0 Å². The summed E-state index contributed by atoms with van der Waals surface area (Å²) in [5.74, 6) is 0. The lowest BCUT2D eigenvalue weighted by Gasteiger charge is -2.27. The van der Waals surface area contributed by atoms with E-state index in [9.17, 15) is 4.79 Å². The number of carbonyl (C=O) groups excluding carboxylic acids is 1. The molecule has 0 saturated carbocycles. The maximum atomic E-state index is 11.8. The Bertz CT molecular complexity index is 453. The maximum Gasteiger partial charge on any atom is 0.283 e. The average molecular weight is 428 g/mol. The van der Waals surface area contributed by atoms with E-state index in [0.717, 1.165) is 18.4 Å². The zero-order valence-electron chi connectivity index (χ0n) is 11.8. The van der Waals surface area contributed by atoms with Crippen molar-refractivity contribution in [1.82, 2.24) is 4.90 Å². The smallest absolute Gasteiger partial charge is 0.283 e. The molecule has 0 N–H and O–H groups in total. The van der Waals surface area contributed by atoms with E-state index in [4.69, 9.17) is 23.2 Å². The lowest BCUT2D eigenvalue weighted by Crippen LogP contribution is -2.34. The summed E-state index contributed by atoms with van der Waals surface area (Å²) >= 11 is 13.8. The number of hydrogen-bond acceptors (Lipinski definition) is 1. The van der Waals surface area contributed by atoms with E-state index in [0.29, 0.717) is 16.6 Å². The van der Waals surface area contributed by atoms with Gasteiger partial charge in [-0.15, -0.1) is 0 Å². The van der Waals surface area contributed by atoms with Crippen LogP contribution < -0.4 is 0 Å². The van der Waals surface area contributed by atoms with Gasteiger partial charge >= 0.3 is 0 Å². The summed E-state index contributed by atoms with van der Waals surface area (Å²) < 4.78 is 0.0673. The number of unbranched alkanes of at least 4 members (excludes halogenated alkanes) is 2. The Morgan fingerprint density at radius 1 is 1.30 bits per heavy atom. The van der Waals surface area contributed by atoms with Crippen molar-refractivity contribution in [3.8, 4) is 0 Å². The number of benzene rings is 1. The predicted molar refractivity (Wildman–Crippen MR) is 95.0 cm³/mol. The first kappa shape index (κ1) is 18.1. The van der Waals surface area contributed by atoms with E-state index in [2.05, 4.69) is 13.8 Å². The fraction of sp³-hybridized carbons (Fsp3) is 0.533. The minimum absolute atomic E-state index is 0.0673. The van der Waals surface area contributed by atoms with Gasteiger partial charge in [0.15, 0.2) is 0 Å². The first-order valence-corrected chi connectivity index (χ1v) is 8.69. The zero-order valence-corrected chi connectivity index (χ0v) is 15.5. The first-order chi connectivity index (χ1) is 9.45. The van der Waals surface area contributed by atoms with Crippen LogP contribution in [0.4, 0.5) is 4.79 Å². The normalized spacial score (nSPS) is 12.2. The fourth-order valence-corrected chi connectivity index (χ4v) is 3.04. The largest absolute Gasteiger partial charge is 0.327 e. The number of halogens is 3. The second-order valence-corrected chi connectivity index (χ2v) is 6.71. The number of rotatable bonds is 7. The second kappa shape index (κ2) is 9.11. The molecule has 1 aromatic carbocycles. The van der Waals surface area contributed by atoms with E-state index in [1.807, 2.05) is 39.6 Å². The highest BCUT2D eigenvalue weighted by Crippen LogP contribution is 2.24. The molecule has 0 aliphatic rings. The van der Waals surface area contributed by atoms with Gasteiger partial charge in [-0.3, -0.25) is 4.79 Å². The van der Waals surface area contributed by atoms with Gasteiger partial charge in [0, 0.05) is 35.2 Å². The summed E-state index contributed by atoms with van der Waals surface area (Å²) in [4.78, 5) is 13.7. The van der Waals surface area contributed by atoms with Crippen LogP contribution in [-0.2, 0) is 6.54 Å². The summed E-state index contributed by atoms with van der Waals surface area (Å²) in [6.07, 6.45) is 4.58. The molecule has 0 spiro atoms. The first-order valence-electron chi connectivity index (χ1n) is 6.85. The van der Waals surface area contributed by atoms with Gasteiger partial charge in [0.2, 0.25) is 0 Å². The Kier molecular flexibility index (Phi) is 8.22. The van der Waals surface area contributed by atoms with Crippen molar-refractivity contribution in [2.75, 3.05) is 0 Å². The van der Waals surface area contributed by atoms with Gasteiger partial charge in [-0.25, -0.2) is 0 Å². The van der Waals surface area contributed by atoms with Gasteiger partial charge in [-0.1, -0.05) is 55.5 Å². The zero-order chi connectivity index (χ0) is 15.1. The third-order valence-electron chi connectivity index (χ3n) is 3.32. The monoisotopic (exact) mass is 427 g/mol. The van der Waals surface area contributed by atoms with Gasteiger partial charge in [0.25, 0.3) is 3.91 Å². The van der Waals surface area contributed by atoms with Crippen molar-refractivity contribution >= 4 is 49.7 Å². The molecule has 0 radical (unpaired) electrons.